The van der Waals surface area contributed by atoms with Crippen molar-refractivity contribution in [1.82, 2.24) is 19.9 Å². The monoisotopic (exact) mass is 308 g/mol. The van der Waals surface area contributed by atoms with Crippen molar-refractivity contribution in [3.05, 3.63) is 53.9 Å². The predicted octanol–water partition coefficient (Wildman–Crippen LogP) is 3.23. The smallest absolute Gasteiger partial charge is 0.254 e. The average molecular weight is 308 g/mol. The Morgan fingerprint density at radius 2 is 2.04 bits per heavy atom. The van der Waals surface area contributed by atoms with E-state index in [1.165, 1.54) is 0 Å². The summed E-state index contributed by atoms with van der Waals surface area (Å²) in [5.41, 5.74) is 3.96. The summed E-state index contributed by atoms with van der Waals surface area (Å²) < 4.78 is 1.73. The van der Waals surface area contributed by atoms with E-state index in [9.17, 15) is 4.79 Å². The van der Waals surface area contributed by atoms with Gasteiger partial charge in [-0.05, 0) is 20.3 Å². The molecule has 3 rings (SSSR count). The molecule has 5 heteroatoms. The van der Waals surface area contributed by atoms with Crippen LogP contribution in [-0.2, 0) is 0 Å². The highest BCUT2D eigenvalue weighted by Gasteiger charge is 2.16. The van der Waals surface area contributed by atoms with Gasteiger partial charge in [-0.25, -0.2) is 9.50 Å². The number of fused-ring (bicyclic) bond motifs is 1. The molecule has 2 aromatic heterocycles. The Morgan fingerprint density at radius 3 is 2.74 bits per heavy atom. The fourth-order valence-corrected chi connectivity index (χ4v) is 2.42. The second-order valence-corrected chi connectivity index (χ2v) is 5.71. The van der Waals surface area contributed by atoms with Crippen molar-refractivity contribution in [2.45, 2.75) is 33.2 Å². The van der Waals surface area contributed by atoms with Crippen LogP contribution in [0.25, 0.3) is 16.9 Å². The lowest BCUT2D eigenvalue weighted by atomic mass is 10.2. The van der Waals surface area contributed by atoms with Gasteiger partial charge < -0.3 is 5.32 Å². The number of carbonyl (C=O) groups is 1. The van der Waals surface area contributed by atoms with E-state index >= 15 is 0 Å². The van der Waals surface area contributed by atoms with Crippen LogP contribution in [0.1, 0.15) is 36.3 Å². The van der Waals surface area contributed by atoms with E-state index in [0.717, 1.165) is 29.0 Å². The van der Waals surface area contributed by atoms with Crippen LogP contribution in [0.15, 0.2) is 42.6 Å². The summed E-state index contributed by atoms with van der Waals surface area (Å²) >= 11 is 0. The summed E-state index contributed by atoms with van der Waals surface area (Å²) in [6.45, 7) is 5.92. The maximum atomic E-state index is 12.4. The molecule has 0 aliphatic rings. The van der Waals surface area contributed by atoms with Gasteiger partial charge >= 0.3 is 0 Å². The molecule has 3 aromatic rings. The summed E-state index contributed by atoms with van der Waals surface area (Å²) in [6, 6.07) is 12.0. The Labute approximate surface area is 135 Å². The highest BCUT2D eigenvalue weighted by molar-refractivity contribution is 5.95. The molecule has 0 saturated carbocycles. The zero-order valence-corrected chi connectivity index (χ0v) is 13.6. The molecule has 1 aromatic carbocycles. The van der Waals surface area contributed by atoms with Gasteiger partial charge in [0.25, 0.3) is 5.91 Å². The second kappa shape index (κ2) is 6.20. The molecule has 0 fully saturated rings. The van der Waals surface area contributed by atoms with E-state index in [-0.39, 0.29) is 11.9 Å². The third-order valence-electron chi connectivity index (χ3n) is 4.03. The van der Waals surface area contributed by atoms with Crippen molar-refractivity contribution in [2.75, 3.05) is 0 Å². The Kier molecular flexibility index (Phi) is 4.10. The van der Waals surface area contributed by atoms with Gasteiger partial charge in [0.15, 0.2) is 5.65 Å². The third-order valence-corrected chi connectivity index (χ3v) is 4.03. The van der Waals surface area contributed by atoms with Crippen LogP contribution in [0.4, 0.5) is 0 Å². The molecule has 0 saturated heterocycles. The van der Waals surface area contributed by atoms with Gasteiger partial charge in [-0.15, -0.1) is 0 Å². The molecule has 0 radical (unpaired) electrons. The first kappa shape index (κ1) is 15.2. The minimum absolute atomic E-state index is 0.108. The van der Waals surface area contributed by atoms with Crippen molar-refractivity contribution in [1.29, 1.82) is 0 Å². The predicted molar refractivity (Wildman–Crippen MR) is 90.4 cm³/mol. The molecule has 5 nitrogen and oxygen atoms in total. The van der Waals surface area contributed by atoms with Gasteiger partial charge in [0.1, 0.15) is 0 Å². The van der Waals surface area contributed by atoms with Crippen LogP contribution in [0.3, 0.4) is 0 Å². The van der Waals surface area contributed by atoms with Crippen LogP contribution < -0.4 is 5.32 Å². The first-order chi connectivity index (χ1) is 11.1. The van der Waals surface area contributed by atoms with Gasteiger partial charge in [0.2, 0.25) is 0 Å². The number of aromatic nitrogens is 3. The molecule has 23 heavy (non-hydrogen) atoms. The number of carbonyl (C=O) groups excluding carboxylic acids is 1. The normalized spacial score (nSPS) is 12.3. The molecule has 0 aliphatic carbocycles. The number of aryl methyl sites for hydroxylation is 1. The fourth-order valence-electron chi connectivity index (χ4n) is 2.42. The molecule has 0 bridgehead atoms. The molecular formula is C18H20N4O. The second-order valence-electron chi connectivity index (χ2n) is 5.71. The first-order valence-electron chi connectivity index (χ1n) is 7.81. The molecule has 1 amide bonds. The standard InChI is InChI=1S/C18H20N4O/c1-4-12(2)20-18(23)15-11-19-17-10-16(21-22(17)13(15)3)14-8-6-5-7-9-14/h5-12H,4H2,1-3H3,(H,20,23). The molecule has 1 N–H and O–H groups in total. The maximum Gasteiger partial charge on any atom is 0.254 e. The minimum atomic E-state index is -0.108. The summed E-state index contributed by atoms with van der Waals surface area (Å²) in [5, 5.41) is 7.57. The Bertz CT molecular complexity index is 839. The number of amides is 1. The quantitative estimate of drug-likeness (QED) is 0.805. The van der Waals surface area contributed by atoms with E-state index in [4.69, 9.17) is 0 Å². The lowest BCUT2D eigenvalue weighted by Crippen LogP contribution is -2.32. The molecule has 2 heterocycles. The van der Waals surface area contributed by atoms with E-state index in [2.05, 4.69) is 15.4 Å². The lowest BCUT2D eigenvalue weighted by molar-refractivity contribution is 0.0937. The van der Waals surface area contributed by atoms with Gasteiger partial charge in [0.05, 0.1) is 17.0 Å². The molecule has 1 atom stereocenters. The highest BCUT2D eigenvalue weighted by atomic mass is 16.1. The van der Waals surface area contributed by atoms with Gasteiger partial charge in [-0.3, -0.25) is 4.79 Å². The summed E-state index contributed by atoms with van der Waals surface area (Å²) in [5.74, 6) is -0.108. The van der Waals surface area contributed by atoms with Gasteiger partial charge in [0, 0.05) is 23.9 Å². The van der Waals surface area contributed by atoms with Crippen LogP contribution in [0.2, 0.25) is 0 Å². The zero-order valence-electron chi connectivity index (χ0n) is 13.6. The van der Waals surface area contributed by atoms with Crippen molar-refractivity contribution >= 4 is 11.6 Å². The van der Waals surface area contributed by atoms with Crippen molar-refractivity contribution in [3.63, 3.8) is 0 Å². The summed E-state index contributed by atoms with van der Waals surface area (Å²) in [7, 11) is 0. The lowest BCUT2D eigenvalue weighted by Gasteiger charge is -2.12. The van der Waals surface area contributed by atoms with Crippen LogP contribution in [0, 0.1) is 6.92 Å². The highest BCUT2D eigenvalue weighted by Crippen LogP contribution is 2.20. The Hall–Kier alpha value is -2.69. The van der Waals surface area contributed by atoms with E-state index < -0.39 is 0 Å². The van der Waals surface area contributed by atoms with Crippen LogP contribution in [0.5, 0.6) is 0 Å². The number of nitrogens with one attached hydrogen (secondary N) is 1. The largest absolute Gasteiger partial charge is 0.349 e. The van der Waals surface area contributed by atoms with E-state index in [0.29, 0.717) is 5.56 Å². The molecular weight excluding hydrogens is 288 g/mol. The summed E-state index contributed by atoms with van der Waals surface area (Å²) in [6.07, 6.45) is 2.51. The zero-order chi connectivity index (χ0) is 16.4. The van der Waals surface area contributed by atoms with Crippen LogP contribution in [-0.4, -0.2) is 26.5 Å². The minimum Gasteiger partial charge on any atom is -0.349 e. The maximum absolute atomic E-state index is 12.4. The number of nitrogens with zero attached hydrogens (tertiary/aromatic N) is 3. The Balaban J connectivity index is 2.01. The van der Waals surface area contributed by atoms with Crippen molar-refractivity contribution < 1.29 is 4.79 Å². The third kappa shape index (κ3) is 2.95. The molecule has 1 unspecified atom stereocenters. The SMILES string of the molecule is CCC(C)NC(=O)c1cnc2cc(-c3ccccc3)nn2c1C. The molecule has 0 aliphatic heterocycles. The molecule has 0 spiro atoms. The fraction of sp³-hybridized carbons (Fsp3) is 0.278. The number of rotatable bonds is 4. The number of hydrogen-bond acceptors (Lipinski definition) is 3. The number of hydrogen-bond donors (Lipinski definition) is 1. The topological polar surface area (TPSA) is 59.3 Å². The van der Waals surface area contributed by atoms with Crippen LogP contribution >= 0.6 is 0 Å². The number of benzene rings is 1. The van der Waals surface area contributed by atoms with E-state index in [1.54, 1.807) is 10.7 Å². The average Bonchev–Trinajstić information content (AvgIpc) is 3.01. The first-order valence-corrected chi connectivity index (χ1v) is 7.81. The van der Waals surface area contributed by atoms with E-state index in [1.807, 2.05) is 57.2 Å². The Morgan fingerprint density at radius 1 is 1.30 bits per heavy atom. The van der Waals surface area contributed by atoms with Gasteiger partial charge in [-0.1, -0.05) is 37.3 Å². The summed E-state index contributed by atoms with van der Waals surface area (Å²) in [4.78, 5) is 16.7. The van der Waals surface area contributed by atoms with Gasteiger partial charge in [-0.2, -0.15) is 5.10 Å². The molecule has 118 valence electrons. The van der Waals surface area contributed by atoms with Crippen molar-refractivity contribution in [3.8, 4) is 11.3 Å². The van der Waals surface area contributed by atoms with Crippen molar-refractivity contribution in [2.24, 2.45) is 0 Å².